The van der Waals surface area contributed by atoms with E-state index in [4.69, 9.17) is 25.8 Å². The van der Waals surface area contributed by atoms with E-state index < -0.39 is 68.4 Å². The summed E-state index contributed by atoms with van der Waals surface area (Å²) in [4.78, 5) is 46.6. The van der Waals surface area contributed by atoms with Gasteiger partial charge >= 0.3 is 0 Å². The van der Waals surface area contributed by atoms with Crippen LogP contribution in [0.15, 0.2) is 91.0 Å². The maximum Gasteiger partial charge on any atom is 0.264 e. The van der Waals surface area contributed by atoms with Crippen molar-refractivity contribution in [2.45, 2.75) is 99.9 Å². The lowest BCUT2D eigenvalue weighted by atomic mass is 9.82. The number of rotatable bonds is 10. The number of fused-ring (bicyclic) bond motifs is 3. The van der Waals surface area contributed by atoms with E-state index in [9.17, 15) is 35.1 Å². The Kier molecular flexibility index (Phi) is 12.1. The van der Waals surface area contributed by atoms with Gasteiger partial charge in [-0.05, 0) is 71.1 Å². The van der Waals surface area contributed by atoms with Crippen molar-refractivity contribution in [3.63, 3.8) is 0 Å². The summed E-state index contributed by atoms with van der Waals surface area (Å²) in [5, 5.41) is 55.1. The fourth-order valence-electron chi connectivity index (χ4n) is 10.2. The molecule has 0 radical (unpaired) electrons. The smallest absolute Gasteiger partial charge is 0.264 e. The van der Waals surface area contributed by atoms with Gasteiger partial charge in [-0.15, -0.1) is 0 Å². The number of anilines is 2. The normalized spacial score (nSPS) is 29.4. The van der Waals surface area contributed by atoms with Gasteiger partial charge in [-0.25, -0.2) is 0 Å². The van der Waals surface area contributed by atoms with Gasteiger partial charge in [0.25, 0.3) is 11.8 Å². The van der Waals surface area contributed by atoms with Gasteiger partial charge in [0.05, 0.1) is 52.6 Å². The van der Waals surface area contributed by atoms with Crippen LogP contribution < -0.4 is 20.1 Å². The maximum atomic E-state index is 15.4. The van der Waals surface area contributed by atoms with E-state index in [1.54, 1.807) is 59.4 Å². The largest absolute Gasteiger partial charge is 0.497 e. The molecular weight excluding hydrogens is 834 g/mol. The average molecular weight is 886 g/mol. The highest BCUT2D eigenvalue weighted by Crippen LogP contribution is 2.60. The summed E-state index contributed by atoms with van der Waals surface area (Å²) in [6.07, 6.45) is -9.16. The zero-order chi connectivity index (χ0) is 44.2. The zero-order valence-electron chi connectivity index (χ0n) is 34.8. The number of carbonyl (C=O) groups excluding carboxylic acids is 3. The first kappa shape index (κ1) is 43.9. The van der Waals surface area contributed by atoms with Gasteiger partial charge < -0.3 is 54.9 Å². The molecule has 14 nitrogen and oxygen atoms in total. The van der Waals surface area contributed by atoms with E-state index in [2.05, 4.69) is 30.5 Å². The molecule has 0 bridgehead atoms. The first-order valence-electron chi connectivity index (χ1n) is 20.8. The topological polar surface area (TPSA) is 199 Å². The van der Waals surface area contributed by atoms with Gasteiger partial charge in [0.1, 0.15) is 24.1 Å². The number of amides is 3. The van der Waals surface area contributed by atoms with Crippen molar-refractivity contribution in [1.82, 2.24) is 4.90 Å². The summed E-state index contributed by atoms with van der Waals surface area (Å²) in [6.45, 7) is 6.71. The lowest BCUT2D eigenvalue weighted by molar-refractivity contribution is -0.274. The molecule has 16 heteroatoms. The minimum Gasteiger partial charge on any atom is -0.497 e. The Hall–Kier alpha value is -4.68. The number of aliphatic hydroxyl groups is 5. The van der Waals surface area contributed by atoms with Crippen molar-refractivity contribution < 1.29 is 54.1 Å². The van der Waals surface area contributed by atoms with Crippen LogP contribution in [0.5, 0.6) is 5.75 Å². The first-order chi connectivity index (χ1) is 29.6. The molecule has 8 rings (SSSR count). The van der Waals surface area contributed by atoms with E-state index in [0.29, 0.717) is 40.6 Å². The number of hydrogen-bond acceptors (Lipinski definition) is 11. The number of methoxy groups -OCH3 is 1. The maximum absolute atomic E-state index is 15.4. The zero-order valence-corrected chi connectivity index (χ0v) is 36.6. The fraction of sp³-hybridized carbons (Fsp3) is 0.413. The molecule has 2 saturated heterocycles. The van der Waals surface area contributed by atoms with Gasteiger partial charge in [0.15, 0.2) is 18.0 Å². The molecule has 3 amide bonds. The van der Waals surface area contributed by atoms with Gasteiger partial charge in [-0.3, -0.25) is 14.4 Å². The first-order valence-corrected chi connectivity index (χ1v) is 24.2. The number of ether oxygens (including phenoxy) is 3. The highest BCUT2D eigenvalue weighted by molar-refractivity contribution is 6.91. The molecule has 10 atom stereocenters. The molecule has 62 heavy (non-hydrogen) atoms. The lowest BCUT2D eigenvalue weighted by Gasteiger charge is -2.39. The Bertz CT molecular complexity index is 2350. The summed E-state index contributed by atoms with van der Waals surface area (Å²) in [5.41, 5.74) is 2.43. The third-order valence-corrected chi connectivity index (χ3v) is 18.0. The van der Waals surface area contributed by atoms with Crippen LogP contribution in [-0.2, 0) is 49.0 Å². The summed E-state index contributed by atoms with van der Waals surface area (Å²) in [7, 11) is -1.02. The van der Waals surface area contributed by atoms with Crippen molar-refractivity contribution in [1.29, 1.82) is 0 Å². The minimum atomic E-state index is -2.63. The third-order valence-electron chi connectivity index (χ3n) is 13.4. The molecule has 4 aliphatic rings. The van der Waals surface area contributed by atoms with E-state index in [1.165, 1.54) is 0 Å². The molecule has 0 saturated carbocycles. The van der Waals surface area contributed by atoms with Crippen LogP contribution in [0.4, 0.5) is 11.4 Å². The minimum absolute atomic E-state index is 0.0145. The van der Waals surface area contributed by atoms with Crippen LogP contribution in [0, 0.1) is 5.92 Å². The molecule has 0 unspecified atom stereocenters. The van der Waals surface area contributed by atoms with Crippen molar-refractivity contribution in [2.24, 2.45) is 5.92 Å². The molecule has 6 N–H and O–H groups in total. The highest BCUT2D eigenvalue weighted by Gasteiger charge is 2.66. The second-order valence-electron chi connectivity index (χ2n) is 17.4. The molecule has 4 heterocycles. The van der Waals surface area contributed by atoms with Crippen LogP contribution >= 0.6 is 11.6 Å². The van der Waals surface area contributed by atoms with Crippen LogP contribution in [0.1, 0.15) is 35.6 Å². The van der Waals surface area contributed by atoms with Gasteiger partial charge in [0, 0.05) is 28.7 Å². The fourth-order valence-corrected chi connectivity index (χ4v) is 14.4. The molecule has 1 spiro atoms. The molecule has 2 fully saturated rings. The Labute approximate surface area is 365 Å². The second-order valence-corrected chi connectivity index (χ2v) is 22.5. The average Bonchev–Trinajstić information content (AvgIpc) is 3.68. The lowest BCUT2D eigenvalue weighted by Crippen LogP contribution is -2.60. The molecule has 0 aromatic heterocycles. The number of nitrogens with zero attached hydrogens (tertiary/aromatic N) is 2. The Morgan fingerprint density at radius 2 is 1.66 bits per heavy atom. The van der Waals surface area contributed by atoms with E-state index in [0.717, 1.165) is 16.3 Å². The van der Waals surface area contributed by atoms with E-state index >= 15 is 4.79 Å². The Balaban J connectivity index is 1.12. The number of benzene rings is 4. The Morgan fingerprint density at radius 1 is 0.935 bits per heavy atom. The van der Waals surface area contributed by atoms with E-state index in [1.807, 2.05) is 43.3 Å². The molecule has 4 aromatic carbocycles. The number of nitrogens with one attached hydrogen (secondary N) is 1. The highest BCUT2D eigenvalue weighted by atomic mass is 35.5. The van der Waals surface area contributed by atoms with Crippen molar-refractivity contribution >= 4 is 54.0 Å². The summed E-state index contributed by atoms with van der Waals surface area (Å²) < 4.78 is 17.8. The number of halogens is 1. The van der Waals surface area contributed by atoms with Crippen LogP contribution in [-0.4, -0.2) is 113 Å². The predicted octanol–water partition coefficient (Wildman–Crippen LogP) is 3.19. The molecule has 4 aliphatic heterocycles. The van der Waals surface area contributed by atoms with Gasteiger partial charge in [-0.1, -0.05) is 85.3 Å². The van der Waals surface area contributed by atoms with Gasteiger partial charge in [-0.2, -0.15) is 0 Å². The number of aliphatic hydroxyl groups excluding tert-OH is 5. The molecule has 328 valence electrons. The predicted molar refractivity (Wildman–Crippen MR) is 232 cm³/mol. The Morgan fingerprint density at radius 3 is 2.37 bits per heavy atom. The SMILES string of the molecule is COc1ccc([Si](C)(C)[C@H]2[C@H](CC(=O)N3Cc4ccccc4C[C@H]3CO)O[C@@]3(C(=O)N(Cc4cccc(NC(=O)[C@H]5O[C@@H](O)[C@H](O)[C@@H](O)[C@@H]5O)c4)c4ccc(Cl)cc43)[C@@H]2C)cc1. The van der Waals surface area contributed by atoms with Crippen LogP contribution in [0.2, 0.25) is 23.7 Å². The monoisotopic (exact) mass is 885 g/mol. The van der Waals surface area contributed by atoms with Crippen molar-refractivity contribution in [3.05, 3.63) is 118 Å². The van der Waals surface area contributed by atoms with Gasteiger partial charge in [0.2, 0.25) is 5.91 Å². The summed E-state index contributed by atoms with van der Waals surface area (Å²) in [6, 6.07) is 27.5. The molecular formula is C46H52ClN3O11Si. The van der Waals surface area contributed by atoms with Crippen molar-refractivity contribution in [3.8, 4) is 5.75 Å². The van der Waals surface area contributed by atoms with Crippen molar-refractivity contribution in [2.75, 3.05) is 23.9 Å². The molecule has 0 aliphatic carbocycles. The quantitative estimate of drug-likeness (QED) is 0.128. The standard InChI is InChI=1S/C46H52ClN3O11Si/c1-25-42(62(3,4)33-15-13-32(59-2)14-16-33)36(21-37(52)49-23-28-10-6-5-9-27(28)19-31(49)24-51)61-46(25)34-20-29(47)12-17-35(34)50(45(46)58)22-26-8-7-11-30(18-26)48-43(56)41-39(54)38(53)40(55)44(57)60-41/h5-18,20,25,31,36,38-42,44,51,53-55,57H,19,21-24H2,1-4H3,(H,48,56)/t25-,31+,36+,38+,39+,40-,41+,42-,44-,46+/m1/s1. The third kappa shape index (κ3) is 7.62. The molecule has 4 aromatic rings. The number of hydrogen-bond donors (Lipinski definition) is 6. The van der Waals surface area contributed by atoms with E-state index in [-0.39, 0.29) is 42.6 Å². The van der Waals surface area contributed by atoms with Crippen LogP contribution in [0.3, 0.4) is 0 Å². The number of carbonyl (C=O) groups is 3. The summed E-state index contributed by atoms with van der Waals surface area (Å²) in [5.74, 6) is -1.08. The second kappa shape index (κ2) is 17.1. The summed E-state index contributed by atoms with van der Waals surface area (Å²) >= 11 is 6.72. The van der Waals surface area contributed by atoms with Crippen LogP contribution in [0.25, 0.3) is 0 Å².